The largest absolute Gasteiger partial charge is 0.317 e. The van der Waals surface area contributed by atoms with Gasteiger partial charge in [0.1, 0.15) is 11.3 Å². The number of rotatable bonds is 2. The monoisotopic (exact) mass is 244 g/mol. The molecular weight excluding hydrogens is 224 g/mol. The van der Waals surface area contributed by atoms with Crippen molar-refractivity contribution in [1.29, 1.82) is 0 Å². The maximum atomic E-state index is 4.77. The molecule has 2 aromatic rings. The zero-order valence-corrected chi connectivity index (χ0v) is 11.1. The van der Waals surface area contributed by atoms with Crippen molar-refractivity contribution in [3.63, 3.8) is 0 Å². The van der Waals surface area contributed by atoms with Crippen molar-refractivity contribution < 1.29 is 0 Å². The molecule has 3 rings (SSSR count). The van der Waals surface area contributed by atoms with Gasteiger partial charge in [-0.05, 0) is 38.1 Å². The quantitative estimate of drug-likeness (QED) is 0.882. The van der Waals surface area contributed by atoms with Gasteiger partial charge >= 0.3 is 0 Å². The third-order valence-electron chi connectivity index (χ3n) is 3.67. The lowest BCUT2D eigenvalue weighted by atomic mass is 10.1. The molecule has 0 aliphatic carbocycles. The Morgan fingerprint density at radius 3 is 2.83 bits per heavy atom. The van der Waals surface area contributed by atoms with Crippen LogP contribution in [-0.2, 0) is 0 Å². The van der Waals surface area contributed by atoms with Crippen LogP contribution in [0.2, 0.25) is 0 Å². The van der Waals surface area contributed by atoms with Gasteiger partial charge < -0.3 is 9.88 Å². The lowest BCUT2D eigenvalue weighted by molar-refractivity contribution is 0.362. The molecule has 1 N–H and O–H groups in total. The van der Waals surface area contributed by atoms with Crippen molar-refractivity contribution in [3.8, 4) is 0 Å². The van der Waals surface area contributed by atoms with E-state index in [4.69, 9.17) is 4.98 Å². The first-order valence-corrected chi connectivity index (χ1v) is 6.81. The summed E-state index contributed by atoms with van der Waals surface area (Å²) in [4.78, 5) is 9.31. The van der Waals surface area contributed by atoms with Gasteiger partial charge in [0.25, 0.3) is 0 Å². The standard InChI is InChI=1S/C14H20N4/c1-10(2)13-17-12-4-3-7-16-14(12)18(13)11-5-8-15-9-6-11/h3-4,7,10-11,15H,5-6,8-9H2,1-2H3. The predicted molar refractivity (Wildman–Crippen MR) is 72.8 cm³/mol. The van der Waals surface area contributed by atoms with Gasteiger partial charge in [-0.1, -0.05) is 13.8 Å². The van der Waals surface area contributed by atoms with Crippen molar-refractivity contribution in [2.45, 2.75) is 38.6 Å². The summed E-state index contributed by atoms with van der Waals surface area (Å²) in [6.45, 7) is 6.60. The van der Waals surface area contributed by atoms with E-state index in [-0.39, 0.29) is 0 Å². The number of nitrogens with zero attached hydrogens (tertiary/aromatic N) is 3. The molecule has 96 valence electrons. The minimum absolute atomic E-state index is 0.439. The maximum Gasteiger partial charge on any atom is 0.160 e. The Labute approximate surface area is 107 Å². The highest BCUT2D eigenvalue weighted by Crippen LogP contribution is 2.28. The van der Waals surface area contributed by atoms with Crippen molar-refractivity contribution in [2.24, 2.45) is 0 Å². The third-order valence-corrected chi connectivity index (χ3v) is 3.67. The van der Waals surface area contributed by atoms with Crippen LogP contribution < -0.4 is 5.32 Å². The highest BCUT2D eigenvalue weighted by molar-refractivity contribution is 5.71. The summed E-state index contributed by atoms with van der Waals surface area (Å²) < 4.78 is 2.38. The van der Waals surface area contributed by atoms with E-state index in [0.29, 0.717) is 12.0 Å². The van der Waals surface area contributed by atoms with E-state index in [1.54, 1.807) is 0 Å². The van der Waals surface area contributed by atoms with Crippen LogP contribution in [0.15, 0.2) is 18.3 Å². The van der Waals surface area contributed by atoms with Gasteiger partial charge in [0.05, 0.1) is 0 Å². The van der Waals surface area contributed by atoms with Crippen molar-refractivity contribution in [1.82, 2.24) is 19.9 Å². The highest BCUT2D eigenvalue weighted by Gasteiger charge is 2.22. The number of nitrogens with one attached hydrogen (secondary N) is 1. The smallest absolute Gasteiger partial charge is 0.160 e. The van der Waals surface area contributed by atoms with Crippen LogP contribution >= 0.6 is 0 Å². The summed E-state index contributed by atoms with van der Waals surface area (Å²) in [6, 6.07) is 4.57. The first-order chi connectivity index (χ1) is 8.77. The number of aromatic nitrogens is 3. The Morgan fingerprint density at radius 2 is 2.11 bits per heavy atom. The second-order valence-corrected chi connectivity index (χ2v) is 5.32. The Bertz CT molecular complexity index is 538. The lowest BCUT2D eigenvalue weighted by Gasteiger charge is -2.26. The van der Waals surface area contributed by atoms with Gasteiger partial charge in [0, 0.05) is 18.2 Å². The Hall–Kier alpha value is -1.42. The highest BCUT2D eigenvalue weighted by atomic mass is 15.2. The average Bonchev–Trinajstić information content (AvgIpc) is 2.79. The topological polar surface area (TPSA) is 42.7 Å². The number of hydrogen-bond acceptors (Lipinski definition) is 3. The molecule has 4 nitrogen and oxygen atoms in total. The van der Waals surface area contributed by atoms with Crippen LogP contribution in [0.1, 0.15) is 44.5 Å². The first kappa shape index (κ1) is 11.7. The Morgan fingerprint density at radius 1 is 1.33 bits per heavy atom. The molecule has 1 fully saturated rings. The molecule has 2 aromatic heterocycles. The molecule has 0 unspecified atom stereocenters. The molecule has 3 heterocycles. The number of imidazole rings is 1. The zero-order chi connectivity index (χ0) is 12.5. The van der Waals surface area contributed by atoms with Crippen LogP contribution in [0.5, 0.6) is 0 Å². The van der Waals surface area contributed by atoms with Crippen LogP contribution in [0.25, 0.3) is 11.2 Å². The molecular formula is C14H20N4. The van der Waals surface area contributed by atoms with Gasteiger partial charge in [-0.15, -0.1) is 0 Å². The van der Waals surface area contributed by atoms with E-state index < -0.39 is 0 Å². The maximum absolute atomic E-state index is 4.77. The molecule has 1 aliphatic heterocycles. The van der Waals surface area contributed by atoms with Crippen LogP contribution in [0, 0.1) is 0 Å². The first-order valence-electron chi connectivity index (χ1n) is 6.81. The van der Waals surface area contributed by atoms with Gasteiger partial charge in [0.15, 0.2) is 5.65 Å². The van der Waals surface area contributed by atoms with Gasteiger partial charge in [-0.3, -0.25) is 0 Å². The lowest BCUT2D eigenvalue weighted by Crippen LogP contribution is -2.30. The zero-order valence-electron chi connectivity index (χ0n) is 11.1. The molecule has 0 bridgehead atoms. The third kappa shape index (κ3) is 1.90. The van der Waals surface area contributed by atoms with Gasteiger partial charge in [-0.2, -0.15) is 0 Å². The molecule has 0 saturated carbocycles. The average molecular weight is 244 g/mol. The van der Waals surface area contributed by atoms with E-state index in [0.717, 1.165) is 24.3 Å². The summed E-state index contributed by atoms with van der Waals surface area (Å²) in [5.74, 6) is 1.62. The number of hydrogen-bond donors (Lipinski definition) is 1. The molecule has 1 saturated heterocycles. The molecule has 18 heavy (non-hydrogen) atoms. The van der Waals surface area contributed by atoms with E-state index >= 15 is 0 Å². The van der Waals surface area contributed by atoms with E-state index in [1.165, 1.54) is 18.7 Å². The molecule has 4 heteroatoms. The number of pyridine rings is 1. The van der Waals surface area contributed by atoms with Crippen LogP contribution in [-0.4, -0.2) is 27.6 Å². The SMILES string of the molecule is CC(C)c1nc2cccnc2n1C1CCNCC1. The molecule has 1 aliphatic rings. The van der Waals surface area contributed by atoms with Gasteiger partial charge in [-0.25, -0.2) is 9.97 Å². The second-order valence-electron chi connectivity index (χ2n) is 5.32. The predicted octanol–water partition coefficient (Wildman–Crippen LogP) is 2.48. The fourth-order valence-electron chi connectivity index (χ4n) is 2.78. The molecule has 0 radical (unpaired) electrons. The fourth-order valence-corrected chi connectivity index (χ4v) is 2.78. The minimum atomic E-state index is 0.439. The van der Waals surface area contributed by atoms with E-state index in [1.807, 2.05) is 12.3 Å². The van der Waals surface area contributed by atoms with Gasteiger partial charge in [0.2, 0.25) is 0 Å². The summed E-state index contributed by atoms with van der Waals surface area (Å²) in [5, 5.41) is 3.42. The molecule has 0 atom stereocenters. The summed E-state index contributed by atoms with van der Waals surface area (Å²) in [5.41, 5.74) is 2.08. The van der Waals surface area contributed by atoms with Crippen molar-refractivity contribution >= 4 is 11.2 Å². The Balaban J connectivity index is 2.14. The number of fused-ring (bicyclic) bond motifs is 1. The van der Waals surface area contributed by atoms with E-state index in [9.17, 15) is 0 Å². The fraction of sp³-hybridized carbons (Fsp3) is 0.571. The summed E-state index contributed by atoms with van der Waals surface area (Å²) in [7, 11) is 0. The molecule has 0 aromatic carbocycles. The molecule has 0 spiro atoms. The summed E-state index contributed by atoms with van der Waals surface area (Å²) >= 11 is 0. The normalized spacial score (nSPS) is 17.7. The van der Waals surface area contributed by atoms with Crippen molar-refractivity contribution in [3.05, 3.63) is 24.2 Å². The summed E-state index contributed by atoms with van der Waals surface area (Å²) in [6.07, 6.45) is 4.20. The van der Waals surface area contributed by atoms with E-state index in [2.05, 4.69) is 34.8 Å². The van der Waals surface area contributed by atoms with Crippen molar-refractivity contribution in [2.75, 3.05) is 13.1 Å². The van der Waals surface area contributed by atoms with Crippen LogP contribution in [0.4, 0.5) is 0 Å². The minimum Gasteiger partial charge on any atom is -0.317 e. The second kappa shape index (κ2) is 4.69. The number of piperidine rings is 1. The van der Waals surface area contributed by atoms with Crippen LogP contribution in [0.3, 0.4) is 0 Å². The molecule has 0 amide bonds. The Kier molecular flexibility index (Phi) is 3.04.